The quantitative estimate of drug-likeness (QED) is 0.233. The summed E-state index contributed by atoms with van der Waals surface area (Å²) in [6.07, 6.45) is 0. The Morgan fingerprint density at radius 3 is 1.68 bits per heavy atom. The first kappa shape index (κ1) is 22.9. The Hall–Kier alpha value is -4.90. The third-order valence-electron chi connectivity index (χ3n) is 9.14. The highest BCUT2D eigenvalue weighted by Gasteiger charge is 2.51. The van der Waals surface area contributed by atoms with Gasteiger partial charge in [-0.25, -0.2) is 0 Å². The third-order valence-corrected chi connectivity index (χ3v) is 9.14. The SMILES string of the molecule is OB(O)c1cccc2oc3ccc(-c4ccc5c(c4)C4(c6ccccc6-c6ccccc64)c4ccccc4-5)cc3c12. The van der Waals surface area contributed by atoms with Crippen LogP contribution in [-0.4, -0.2) is 17.2 Å². The van der Waals surface area contributed by atoms with Crippen LogP contribution >= 0.6 is 0 Å². The van der Waals surface area contributed by atoms with Gasteiger partial charge in [-0.1, -0.05) is 103 Å². The number of hydrogen-bond donors (Lipinski definition) is 2. The summed E-state index contributed by atoms with van der Waals surface area (Å²) in [5.74, 6) is 0. The average Bonchev–Trinajstić information content (AvgIpc) is 3.64. The van der Waals surface area contributed by atoms with Gasteiger partial charge in [-0.15, -0.1) is 0 Å². The van der Waals surface area contributed by atoms with Crippen LogP contribution in [0.1, 0.15) is 22.3 Å². The Bertz CT molecular complexity index is 2140. The molecule has 0 aliphatic heterocycles. The van der Waals surface area contributed by atoms with Crippen LogP contribution in [0, 0.1) is 0 Å². The van der Waals surface area contributed by atoms with E-state index < -0.39 is 12.5 Å². The molecule has 0 radical (unpaired) electrons. The lowest BCUT2D eigenvalue weighted by Crippen LogP contribution is -2.30. The Morgan fingerprint density at radius 1 is 0.488 bits per heavy atom. The highest BCUT2D eigenvalue weighted by molar-refractivity contribution is 6.62. The fraction of sp³-hybridized carbons (Fsp3) is 0.0270. The molecule has 192 valence electrons. The van der Waals surface area contributed by atoms with Crippen LogP contribution in [0.2, 0.25) is 0 Å². The summed E-state index contributed by atoms with van der Waals surface area (Å²) in [6, 6.07) is 44.9. The van der Waals surface area contributed by atoms with Crippen molar-refractivity contribution in [3.63, 3.8) is 0 Å². The fourth-order valence-corrected chi connectivity index (χ4v) is 7.52. The maximum atomic E-state index is 10.1. The van der Waals surface area contributed by atoms with Crippen LogP contribution in [0.4, 0.5) is 0 Å². The Labute approximate surface area is 237 Å². The molecule has 0 saturated carbocycles. The number of benzene rings is 6. The van der Waals surface area contributed by atoms with E-state index in [1.54, 1.807) is 12.1 Å². The van der Waals surface area contributed by atoms with E-state index in [0.717, 1.165) is 27.5 Å². The molecule has 6 aromatic carbocycles. The summed E-state index contributed by atoms with van der Waals surface area (Å²) < 4.78 is 6.08. The van der Waals surface area contributed by atoms with Gasteiger partial charge in [0.2, 0.25) is 0 Å². The second kappa shape index (κ2) is 8.08. The van der Waals surface area contributed by atoms with Crippen molar-refractivity contribution in [1.82, 2.24) is 0 Å². The van der Waals surface area contributed by atoms with Gasteiger partial charge in [-0.2, -0.15) is 0 Å². The maximum absolute atomic E-state index is 10.1. The first-order valence-corrected chi connectivity index (χ1v) is 13.9. The minimum atomic E-state index is -1.58. The van der Waals surface area contributed by atoms with Gasteiger partial charge in [0.15, 0.2) is 0 Å². The van der Waals surface area contributed by atoms with Crippen LogP contribution in [0.15, 0.2) is 132 Å². The maximum Gasteiger partial charge on any atom is 0.489 e. The molecule has 1 aromatic heterocycles. The molecule has 1 spiro atoms. The molecule has 1 heterocycles. The molecule has 7 aromatic rings. The van der Waals surface area contributed by atoms with Crippen LogP contribution in [0.25, 0.3) is 55.3 Å². The first-order valence-electron chi connectivity index (χ1n) is 13.9. The Balaban J connectivity index is 1.33. The molecule has 2 aliphatic rings. The summed E-state index contributed by atoms with van der Waals surface area (Å²) in [7, 11) is -1.58. The number of rotatable bonds is 2. The molecule has 41 heavy (non-hydrogen) atoms. The zero-order valence-electron chi connectivity index (χ0n) is 22.0. The largest absolute Gasteiger partial charge is 0.489 e. The summed E-state index contributed by atoms with van der Waals surface area (Å²) >= 11 is 0. The monoisotopic (exact) mass is 526 g/mol. The van der Waals surface area contributed by atoms with Gasteiger partial charge in [0.1, 0.15) is 11.2 Å². The molecule has 9 rings (SSSR count). The molecule has 0 unspecified atom stereocenters. The van der Waals surface area contributed by atoms with E-state index in [9.17, 15) is 10.0 Å². The molecule has 0 atom stereocenters. The van der Waals surface area contributed by atoms with Gasteiger partial charge in [-0.05, 0) is 85.4 Å². The van der Waals surface area contributed by atoms with E-state index in [4.69, 9.17) is 4.42 Å². The smallest absolute Gasteiger partial charge is 0.456 e. The van der Waals surface area contributed by atoms with Crippen LogP contribution in [0.5, 0.6) is 0 Å². The lowest BCUT2D eigenvalue weighted by molar-refractivity contribution is 0.426. The molecule has 0 saturated heterocycles. The van der Waals surface area contributed by atoms with Crippen LogP contribution in [0.3, 0.4) is 0 Å². The van der Waals surface area contributed by atoms with Gasteiger partial charge < -0.3 is 14.5 Å². The van der Waals surface area contributed by atoms with E-state index in [0.29, 0.717) is 11.0 Å². The lowest BCUT2D eigenvalue weighted by atomic mass is 9.70. The molecule has 0 fully saturated rings. The van der Waals surface area contributed by atoms with Crippen molar-refractivity contribution >= 4 is 34.5 Å². The lowest BCUT2D eigenvalue weighted by Gasteiger charge is -2.30. The van der Waals surface area contributed by atoms with Gasteiger partial charge >= 0.3 is 7.12 Å². The number of fused-ring (bicyclic) bond motifs is 13. The highest BCUT2D eigenvalue weighted by atomic mass is 16.4. The van der Waals surface area contributed by atoms with Crippen molar-refractivity contribution < 1.29 is 14.5 Å². The van der Waals surface area contributed by atoms with Crippen LogP contribution in [-0.2, 0) is 5.41 Å². The predicted molar refractivity (Wildman–Crippen MR) is 165 cm³/mol. The third kappa shape index (κ3) is 2.85. The van der Waals surface area contributed by atoms with Crippen molar-refractivity contribution in [3.8, 4) is 33.4 Å². The minimum Gasteiger partial charge on any atom is -0.456 e. The molecular weight excluding hydrogens is 503 g/mol. The van der Waals surface area contributed by atoms with Crippen molar-refractivity contribution in [3.05, 3.63) is 150 Å². The number of furan rings is 1. The van der Waals surface area contributed by atoms with E-state index in [2.05, 4.69) is 103 Å². The molecule has 4 heteroatoms. The summed E-state index contributed by atoms with van der Waals surface area (Å²) in [5.41, 5.74) is 13.9. The van der Waals surface area contributed by atoms with E-state index >= 15 is 0 Å². The minimum absolute atomic E-state index is 0.393. The summed E-state index contributed by atoms with van der Waals surface area (Å²) in [6.45, 7) is 0. The van der Waals surface area contributed by atoms with E-state index in [1.807, 2.05) is 12.1 Å². The number of hydrogen-bond acceptors (Lipinski definition) is 3. The fourth-order valence-electron chi connectivity index (χ4n) is 7.52. The average molecular weight is 526 g/mol. The predicted octanol–water partition coefficient (Wildman–Crippen LogP) is 7.28. The second-order valence-electron chi connectivity index (χ2n) is 11.1. The summed E-state index contributed by atoms with van der Waals surface area (Å²) in [4.78, 5) is 0. The molecule has 0 bridgehead atoms. The van der Waals surface area contributed by atoms with Gasteiger partial charge in [0, 0.05) is 10.8 Å². The zero-order valence-corrected chi connectivity index (χ0v) is 22.0. The van der Waals surface area contributed by atoms with Crippen molar-refractivity contribution in [2.45, 2.75) is 5.41 Å². The van der Waals surface area contributed by atoms with Crippen molar-refractivity contribution in [1.29, 1.82) is 0 Å². The van der Waals surface area contributed by atoms with Gasteiger partial charge in [0.05, 0.1) is 5.41 Å². The second-order valence-corrected chi connectivity index (χ2v) is 11.1. The zero-order chi connectivity index (χ0) is 27.3. The molecular formula is C37H23BO3. The summed E-state index contributed by atoms with van der Waals surface area (Å²) in [5, 5.41) is 21.7. The van der Waals surface area contributed by atoms with E-state index in [-0.39, 0.29) is 0 Å². The Kier molecular flexibility index (Phi) is 4.51. The standard InChI is InChI=1S/C37H23BO3/c39-38(40)33-14-7-15-35-36(33)28-20-22(17-19-34(28)41-35)23-16-18-27-26-10-3-6-13-31(26)37(32(27)21-23)29-11-4-1-8-24(29)25-9-2-5-12-30(25)37/h1-21,39-40H. The van der Waals surface area contributed by atoms with Crippen molar-refractivity contribution in [2.24, 2.45) is 0 Å². The van der Waals surface area contributed by atoms with Gasteiger partial charge in [0.25, 0.3) is 0 Å². The highest BCUT2D eigenvalue weighted by Crippen LogP contribution is 2.63. The molecule has 2 aliphatic carbocycles. The Morgan fingerprint density at radius 2 is 1.05 bits per heavy atom. The molecule has 3 nitrogen and oxygen atoms in total. The molecule has 0 amide bonds. The van der Waals surface area contributed by atoms with Crippen molar-refractivity contribution in [2.75, 3.05) is 0 Å². The molecule has 2 N–H and O–H groups in total. The topological polar surface area (TPSA) is 53.6 Å². The normalized spacial score (nSPS) is 13.8. The van der Waals surface area contributed by atoms with E-state index in [1.165, 1.54) is 44.5 Å². The van der Waals surface area contributed by atoms with Crippen LogP contribution < -0.4 is 5.46 Å². The first-order chi connectivity index (χ1) is 20.2. The van der Waals surface area contributed by atoms with Gasteiger partial charge in [-0.3, -0.25) is 0 Å².